The zero-order valence-corrected chi connectivity index (χ0v) is 10.6. The molecule has 88 valence electrons. The summed E-state index contributed by atoms with van der Waals surface area (Å²) in [5, 5.41) is 3.77. The molecule has 2 saturated heterocycles. The van der Waals surface area contributed by atoms with Crippen molar-refractivity contribution >= 4 is 0 Å². The van der Waals surface area contributed by atoms with Crippen LogP contribution in [-0.4, -0.2) is 36.6 Å². The minimum Gasteiger partial charge on any atom is -0.312 e. The number of fused-ring (bicyclic) bond motifs is 1. The van der Waals surface area contributed by atoms with Gasteiger partial charge >= 0.3 is 0 Å². The van der Waals surface area contributed by atoms with Crippen molar-refractivity contribution in [1.82, 2.24) is 10.2 Å². The molecular formula is C13H26N2. The molecule has 1 N–H and O–H groups in total. The van der Waals surface area contributed by atoms with E-state index in [0.717, 1.165) is 12.1 Å². The van der Waals surface area contributed by atoms with Crippen molar-refractivity contribution in [2.45, 2.75) is 58.5 Å². The molecule has 2 aliphatic heterocycles. The van der Waals surface area contributed by atoms with Crippen LogP contribution in [0, 0.1) is 5.41 Å². The lowest BCUT2D eigenvalue weighted by Crippen LogP contribution is -2.40. The Hall–Kier alpha value is -0.0800. The third kappa shape index (κ3) is 2.94. The van der Waals surface area contributed by atoms with E-state index in [-0.39, 0.29) is 0 Å². The monoisotopic (exact) mass is 210 g/mol. The van der Waals surface area contributed by atoms with Gasteiger partial charge in [0.25, 0.3) is 0 Å². The van der Waals surface area contributed by atoms with Gasteiger partial charge in [-0.05, 0) is 44.2 Å². The molecule has 0 amide bonds. The normalized spacial score (nSPS) is 32.2. The summed E-state index contributed by atoms with van der Waals surface area (Å²) in [5.41, 5.74) is 0.473. The van der Waals surface area contributed by atoms with Crippen LogP contribution in [0.25, 0.3) is 0 Å². The van der Waals surface area contributed by atoms with Crippen molar-refractivity contribution in [3.63, 3.8) is 0 Å². The molecule has 0 radical (unpaired) electrons. The minimum absolute atomic E-state index is 0.473. The smallest absolute Gasteiger partial charge is 0.0250 e. The SMILES string of the molecule is CC(C)(C)CCNC1CCN2CCCC12. The largest absolute Gasteiger partial charge is 0.312 e. The molecule has 0 aliphatic carbocycles. The Labute approximate surface area is 94.4 Å². The van der Waals surface area contributed by atoms with Gasteiger partial charge in [-0.25, -0.2) is 0 Å². The van der Waals surface area contributed by atoms with E-state index in [4.69, 9.17) is 0 Å². The lowest BCUT2D eigenvalue weighted by Gasteiger charge is -2.24. The predicted molar refractivity (Wildman–Crippen MR) is 65.1 cm³/mol. The molecule has 2 nitrogen and oxygen atoms in total. The Kier molecular flexibility index (Phi) is 3.36. The quantitative estimate of drug-likeness (QED) is 0.768. The molecule has 2 heteroatoms. The number of hydrogen-bond acceptors (Lipinski definition) is 2. The first-order valence-corrected chi connectivity index (χ1v) is 6.54. The highest BCUT2D eigenvalue weighted by Gasteiger charge is 2.36. The molecule has 0 saturated carbocycles. The zero-order valence-electron chi connectivity index (χ0n) is 10.6. The molecule has 2 heterocycles. The molecule has 0 aromatic heterocycles. The second-order valence-electron chi connectivity index (χ2n) is 6.41. The maximum absolute atomic E-state index is 3.77. The Balaban J connectivity index is 1.71. The standard InChI is InChI=1S/C13H26N2/c1-13(2,3)7-8-14-11-6-10-15-9-4-5-12(11)15/h11-12,14H,4-10H2,1-3H3. The third-order valence-corrected chi connectivity index (χ3v) is 3.89. The molecule has 0 bridgehead atoms. The van der Waals surface area contributed by atoms with Gasteiger partial charge in [-0.15, -0.1) is 0 Å². The highest BCUT2D eigenvalue weighted by atomic mass is 15.2. The van der Waals surface area contributed by atoms with Gasteiger partial charge in [0.05, 0.1) is 0 Å². The number of rotatable bonds is 3. The number of nitrogens with one attached hydrogen (secondary N) is 1. The summed E-state index contributed by atoms with van der Waals surface area (Å²) in [5.74, 6) is 0. The number of hydrogen-bond donors (Lipinski definition) is 1. The van der Waals surface area contributed by atoms with Gasteiger partial charge in [-0.2, -0.15) is 0 Å². The van der Waals surface area contributed by atoms with E-state index in [0.29, 0.717) is 5.41 Å². The van der Waals surface area contributed by atoms with Crippen LogP contribution in [0.1, 0.15) is 46.5 Å². The second-order valence-corrected chi connectivity index (χ2v) is 6.41. The van der Waals surface area contributed by atoms with Gasteiger partial charge < -0.3 is 5.32 Å². The van der Waals surface area contributed by atoms with Crippen LogP contribution in [0.2, 0.25) is 0 Å². The van der Waals surface area contributed by atoms with Crippen LogP contribution in [0.15, 0.2) is 0 Å². The van der Waals surface area contributed by atoms with Crippen molar-refractivity contribution in [2.24, 2.45) is 5.41 Å². The summed E-state index contributed by atoms with van der Waals surface area (Å²) >= 11 is 0. The first-order valence-electron chi connectivity index (χ1n) is 6.54. The maximum Gasteiger partial charge on any atom is 0.0250 e. The highest BCUT2D eigenvalue weighted by Crippen LogP contribution is 2.28. The molecule has 2 fully saturated rings. The Morgan fingerprint density at radius 1 is 1.20 bits per heavy atom. The van der Waals surface area contributed by atoms with Gasteiger partial charge in [0.2, 0.25) is 0 Å². The highest BCUT2D eigenvalue weighted by molar-refractivity contribution is 4.95. The topological polar surface area (TPSA) is 15.3 Å². The lowest BCUT2D eigenvalue weighted by molar-refractivity contribution is 0.289. The van der Waals surface area contributed by atoms with Crippen LogP contribution in [0.4, 0.5) is 0 Å². The second kappa shape index (κ2) is 4.42. The summed E-state index contributed by atoms with van der Waals surface area (Å²) in [6.07, 6.45) is 5.50. The van der Waals surface area contributed by atoms with Crippen LogP contribution in [0.5, 0.6) is 0 Å². The van der Waals surface area contributed by atoms with Crippen LogP contribution in [0.3, 0.4) is 0 Å². The van der Waals surface area contributed by atoms with Crippen molar-refractivity contribution in [3.05, 3.63) is 0 Å². The van der Waals surface area contributed by atoms with Crippen LogP contribution >= 0.6 is 0 Å². The average molecular weight is 210 g/mol. The molecule has 2 atom stereocenters. The lowest BCUT2D eigenvalue weighted by atomic mass is 9.92. The minimum atomic E-state index is 0.473. The summed E-state index contributed by atoms with van der Waals surface area (Å²) < 4.78 is 0. The van der Waals surface area contributed by atoms with E-state index in [2.05, 4.69) is 31.0 Å². The van der Waals surface area contributed by atoms with Crippen molar-refractivity contribution in [2.75, 3.05) is 19.6 Å². The predicted octanol–water partition coefficient (Wildman–Crippen LogP) is 2.25. The van der Waals surface area contributed by atoms with E-state index < -0.39 is 0 Å². The van der Waals surface area contributed by atoms with Gasteiger partial charge in [-0.3, -0.25) is 4.90 Å². The average Bonchev–Trinajstić information content (AvgIpc) is 2.66. The van der Waals surface area contributed by atoms with E-state index in [9.17, 15) is 0 Å². The molecule has 2 unspecified atom stereocenters. The molecule has 2 rings (SSSR count). The van der Waals surface area contributed by atoms with Crippen molar-refractivity contribution in [3.8, 4) is 0 Å². The molecule has 0 aromatic carbocycles. The fourth-order valence-electron chi connectivity index (χ4n) is 2.95. The van der Waals surface area contributed by atoms with E-state index >= 15 is 0 Å². The maximum atomic E-state index is 3.77. The zero-order chi connectivity index (χ0) is 10.9. The van der Waals surface area contributed by atoms with E-state index in [1.54, 1.807) is 0 Å². The van der Waals surface area contributed by atoms with Gasteiger partial charge in [-0.1, -0.05) is 20.8 Å². The Morgan fingerprint density at radius 3 is 2.73 bits per heavy atom. The third-order valence-electron chi connectivity index (χ3n) is 3.89. The first-order chi connectivity index (χ1) is 7.06. The fraction of sp³-hybridized carbons (Fsp3) is 1.00. The van der Waals surface area contributed by atoms with Crippen LogP contribution < -0.4 is 5.32 Å². The van der Waals surface area contributed by atoms with Crippen LogP contribution in [-0.2, 0) is 0 Å². The van der Waals surface area contributed by atoms with Gasteiger partial charge in [0, 0.05) is 18.6 Å². The van der Waals surface area contributed by atoms with Crippen molar-refractivity contribution < 1.29 is 0 Å². The Morgan fingerprint density at radius 2 is 2.00 bits per heavy atom. The molecule has 15 heavy (non-hydrogen) atoms. The van der Waals surface area contributed by atoms with Crippen molar-refractivity contribution in [1.29, 1.82) is 0 Å². The molecular weight excluding hydrogens is 184 g/mol. The summed E-state index contributed by atoms with van der Waals surface area (Å²) in [6.45, 7) is 10.8. The summed E-state index contributed by atoms with van der Waals surface area (Å²) in [7, 11) is 0. The van der Waals surface area contributed by atoms with Gasteiger partial charge in [0.1, 0.15) is 0 Å². The summed E-state index contributed by atoms with van der Waals surface area (Å²) in [4.78, 5) is 2.68. The summed E-state index contributed by atoms with van der Waals surface area (Å²) in [6, 6.07) is 1.65. The van der Waals surface area contributed by atoms with E-state index in [1.165, 1.54) is 45.3 Å². The fourth-order valence-corrected chi connectivity index (χ4v) is 2.95. The number of nitrogens with zero attached hydrogens (tertiary/aromatic N) is 1. The molecule has 0 spiro atoms. The van der Waals surface area contributed by atoms with Gasteiger partial charge in [0.15, 0.2) is 0 Å². The van der Waals surface area contributed by atoms with E-state index in [1.807, 2.05) is 0 Å². The molecule has 2 aliphatic rings. The Bertz CT molecular complexity index is 207. The first kappa shape index (κ1) is 11.4. The molecule has 0 aromatic rings.